The summed E-state index contributed by atoms with van der Waals surface area (Å²) in [5.41, 5.74) is 6.21. The second-order valence-corrected chi connectivity index (χ2v) is 11.5. The number of carbonyl (C=O) groups is 1. The molecule has 0 bridgehead atoms. The van der Waals surface area contributed by atoms with E-state index in [0.717, 1.165) is 39.7 Å². The standard InChI is InChI=1S/C35H38F3N3O3/c1-22(2)31-12-9-25(5)34(40-31)30-11-8-23(3)16-27(30)21-41(20-26-15-24(4)17-28(18-26)35(36,37)38)32-13-10-29(19-39-32)44-14-6-7-33(42)43/h8-13,15-19,22H,6-7,14,20-21H2,1-5H3,(H,42,43). The summed E-state index contributed by atoms with van der Waals surface area (Å²) < 4.78 is 46.8. The van der Waals surface area contributed by atoms with Gasteiger partial charge in [-0.2, -0.15) is 13.2 Å². The molecule has 0 unspecified atom stereocenters. The van der Waals surface area contributed by atoms with Crippen molar-refractivity contribution in [1.29, 1.82) is 0 Å². The fourth-order valence-electron chi connectivity index (χ4n) is 5.04. The zero-order valence-corrected chi connectivity index (χ0v) is 25.7. The molecule has 2 aromatic heterocycles. The van der Waals surface area contributed by atoms with Crippen molar-refractivity contribution in [2.75, 3.05) is 11.5 Å². The van der Waals surface area contributed by atoms with Gasteiger partial charge in [0.2, 0.25) is 0 Å². The number of rotatable bonds is 12. The number of hydrogen-bond acceptors (Lipinski definition) is 5. The lowest BCUT2D eigenvalue weighted by atomic mass is 9.97. The molecule has 232 valence electrons. The highest BCUT2D eigenvalue weighted by Gasteiger charge is 2.31. The number of carboxylic acid groups (broad SMARTS) is 1. The van der Waals surface area contributed by atoms with Gasteiger partial charge in [-0.1, -0.05) is 55.3 Å². The van der Waals surface area contributed by atoms with Crippen LogP contribution in [0.25, 0.3) is 11.3 Å². The molecule has 1 N–H and O–H groups in total. The molecule has 0 saturated carbocycles. The van der Waals surface area contributed by atoms with Crippen LogP contribution in [-0.2, 0) is 24.1 Å². The molecule has 0 aliphatic rings. The SMILES string of the molecule is Cc1cc(CN(Cc2cc(C)ccc2-c2nc(C(C)C)ccc2C)c2ccc(OCCCC(=O)O)cn2)cc(C(F)(F)F)c1. The van der Waals surface area contributed by atoms with E-state index in [1.807, 2.05) is 30.9 Å². The summed E-state index contributed by atoms with van der Waals surface area (Å²) in [4.78, 5) is 22.3. The van der Waals surface area contributed by atoms with Gasteiger partial charge in [0.15, 0.2) is 0 Å². The van der Waals surface area contributed by atoms with Gasteiger partial charge in [0, 0.05) is 30.8 Å². The van der Waals surface area contributed by atoms with E-state index in [9.17, 15) is 18.0 Å². The molecule has 0 atom stereocenters. The minimum Gasteiger partial charge on any atom is -0.492 e. The lowest BCUT2D eigenvalue weighted by Crippen LogP contribution is -2.24. The number of pyridine rings is 2. The summed E-state index contributed by atoms with van der Waals surface area (Å²) in [6, 6.07) is 17.9. The van der Waals surface area contributed by atoms with Gasteiger partial charge >= 0.3 is 12.1 Å². The third-order valence-corrected chi connectivity index (χ3v) is 7.27. The van der Waals surface area contributed by atoms with Crippen molar-refractivity contribution in [1.82, 2.24) is 9.97 Å². The van der Waals surface area contributed by atoms with Gasteiger partial charge in [-0.05, 0) is 80.1 Å². The topological polar surface area (TPSA) is 75.6 Å². The van der Waals surface area contributed by atoms with Crippen LogP contribution in [0.15, 0.2) is 66.9 Å². The number of halogens is 3. The number of benzene rings is 2. The Morgan fingerprint density at radius 1 is 0.955 bits per heavy atom. The van der Waals surface area contributed by atoms with Crippen LogP contribution in [0.1, 0.15) is 71.7 Å². The predicted molar refractivity (Wildman–Crippen MR) is 166 cm³/mol. The number of aromatic nitrogens is 2. The van der Waals surface area contributed by atoms with E-state index in [1.54, 1.807) is 31.3 Å². The third-order valence-electron chi connectivity index (χ3n) is 7.27. The van der Waals surface area contributed by atoms with Crippen LogP contribution in [-0.4, -0.2) is 27.7 Å². The predicted octanol–water partition coefficient (Wildman–Crippen LogP) is 8.66. The van der Waals surface area contributed by atoms with Gasteiger partial charge in [0.05, 0.1) is 24.1 Å². The molecule has 2 heterocycles. The lowest BCUT2D eigenvalue weighted by Gasteiger charge is -2.26. The Bertz CT molecular complexity index is 1600. The molecule has 4 aromatic rings. The molecule has 0 spiro atoms. The Kier molecular flexibility index (Phi) is 10.3. The molecule has 0 fully saturated rings. The van der Waals surface area contributed by atoms with E-state index >= 15 is 0 Å². The highest BCUT2D eigenvalue weighted by atomic mass is 19.4. The van der Waals surface area contributed by atoms with Gasteiger partial charge in [-0.25, -0.2) is 4.98 Å². The zero-order valence-electron chi connectivity index (χ0n) is 25.7. The van der Waals surface area contributed by atoms with Gasteiger partial charge in [-0.15, -0.1) is 0 Å². The van der Waals surface area contributed by atoms with Crippen molar-refractivity contribution in [2.45, 2.75) is 72.6 Å². The van der Waals surface area contributed by atoms with Crippen LogP contribution in [0.4, 0.5) is 19.0 Å². The van der Waals surface area contributed by atoms with E-state index < -0.39 is 17.7 Å². The van der Waals surface area contributed by atoms with Crippen LogP contribution in [0.2, 0.25) is 0 Å². The van der Waals surface area contributed by atoms with Crippen LogP contribution in [0.5, 0.6) is 5.75 Å². The zero-order chi connectivity index (χ0) is 32.0. The fraction of sp³-hybridized carbons (Fsp3) is 0.343. The molecular weight excluding hydrogens is 567 g/mol. The van der Waals surface area contributed by atoms with Crippen molar-refractivity contribution >= 4 is 11.8 Å². The quantitative estimate of drug-likeness (QED) is 0.163. The minimum atomic E-state index is -4.46. The molecule has 6 nitrogen and oxygen atoms in total. The molecule has 0 aliphatic carbocycles. The highest BCUT2D eigenvalue weighted by molar-refractivity contribution is 5.68. The number of anilines is 1. The maximum Gasteiger partial charge on any atom is 0.416 e. The Hall–Kier alpha value is -4.40. The third kappa shape index (κ3) is 8.58. The highest BCUT2D eigenvalue weighted by Crippen LogP contribution is 2.33. The average Bonchev–Trinajstić information content (AvgIpc) is 2.95. The van der Waals surface area contributed by atoms with Crippen molar-refractivity contribution in [3.05, 3.63) is 106 Å². The van der Waals surface area contributed by atoms with Crippen molar-refractivity contribution in [3.63, 3.8) is 0 Å². The summed E-state index contributed by atoms with van der Waals surface area (Å²) in [6.07, 6.45) is -2.55. The Morgan fingerprint density at radius 2 is 1.73 bits per heavy atom. The maximum absolute atomic E-state index is 13.7. The van der Waals surface area contributed by atoms with Gasteiger partial charge < -0.3 is 14.7 Å². The van der Waals surface area contributed by atoms with Crippen molar-refractivity contribution in [2.24, 2.45) is 0 Å². The Balaban J connectivity index is 1.73. The molecule has 0 radical (unpaired) electrons. The minimum absolute atomic E-state index is 0.00291. The van der Waals surface area contributed by atoms with Crippen LogP contribution >= 0.6 is 0 Å². The summed E-state index contributed by atoms with van der Waals surface area (Å²) in [5, 5.41) is 8.85. The first-order valence-electron chi connectivity index (χ1n) is 14.6. The number of alkyl halides is 3. The average molecular weight is 606 g/mol. The smallest absolute Gasteiger partial charge is 0.416 e. The second kappa shape index (κ2) is 13.9. The van der Waals surface area contributed by atoms with E-state index in [4.69, 9.17) is 14.8 Å². The van der Waals surface area contributed by atoms with Crippen LogP contribution < -0.4 is 9.64 Å². The molecule has 4 rings (SSSR count). The number of aryl methyl sites for hydroxylation is 3. The molecule has 2 aromatic carbocycles. The number of hydrogen-bond donors (Lipinski definition) is 1. The normalized spacial score (nSPS) is 11.6. The first-order chi connectivity index (χ1) is 20.8. The van der Waals surface area contributed by atoms with E-state index in [1.165, 1.54) is 6.07 Å². The van der Waals surface area contributed by atoms with Crippen LogP contribution in [0.3, 0.4) is 0 Å². The number of ether oxygens (including phenoxy) is 1. The molecule has 44 heavy (non-hydrogen) atoms. The summed E-state index contributed by atoms with van der Waals surface area (Å²) in [7, 11) is 0. The van der Waals surface area contributed by atoms with Crippen molar-refractivity contribution < 1.29 is 27.8 Å². The lowest BCUT2D eigenvalue weighted by molar-refractivity contribution is -0.138. The molecule has 0 saturated heterocycles. The molecule has 0 amide bonds. The van der Waals surface area contributed by atoms with Crippen LogP contribution in [0, 0.1) is 20.8 Å². The van der Waals surface area contributed by atoms with Gasteiger partial charge in [0.1, 0.15) is 11.6 Å². The van der Waals surface area contributed by atoms with E-state index in [-0.39, 0.29) is 25.5 Å². The Labute approximate surface area is 256 Å². The first-order valence-corrected chi connectivity index (χ1v) is 14.6. The molecule has 9 heteroatoms. The van der Waals surface area contributed by atoms with E-state index in [0.29, 0.717) is 35.7 Å². The second-order valence-electron chi connectivity index (χ2n) is 11.5. The fourth-order valence-corrected chi connectivity index (χ4v) is 5.04. The van der Waals surface area contributed by atoms with E-state index in [2.05, 4.69) is 37.0 Å². The number of carboxylic acids is 1. The van der Waals surface area contributed by atoms with Crippen molar-refractivity contribution in [3.8, 4) is 17.0 Å². The molecule has 0 aliphatic heterocycles. The largest absolute Gasteiger partial charge is 0.492 e. The summed E-state index contributed by atoms with van der Waals surface area (Å²) in [6.45, 7) is 10.7. The summed E-state index contributed by atoms with van der Waals surface area (Å²) in [5.74, 6) is 0.402. The number of nitrogens with zero attached hydrogens (tertiary/aromatic N) is 3. The number of aliphatic carboxylic acids is 1. The van der Waals surface area contributed by atoms with Gasteiger partial charge in [-0.3, -0.25) is 9.78 Å². The Morgan fingerprint density at radius 3 is 2.39 bits per heavy atom. The monoisotopic (exact) mass is 605 g/mol. The molecular formula is C35H38F3N3O3. The van der Waals surface area contributed by atoms with Gasteiger partial charge in [0.25, 0.3) is 0 Å². The maximum atomic E-state index is 13.7. The summed E-state index contributed by atoms with van der Waals surface area (Å²) >= 11 is 0. The first kappa shape index (κ1) is 32.5.